The van der Waals surface area contributed by atoms with Crippen LogP contribution >= 0.6 is 22.6 Å². The summed E-state index contributed by atoms with van der Waals surface area (Å²) < 4.78 is 13.5. The van der Waals surface area contributed by atoms with Crippen molar-refractivity contribution in [3.63, 3.8) is 0 Å². The number of halogens is 2. The van der Waals surface area contributed by atoms with E-state index >= 15 is 0 Å². The largest absolute Gasteiger partial charge is 0.360 e. The first kappa shape index (κ1) is 8.68. The Morgan fingerprint density at radius 2 is 2.08 bits per heavy atom. The van der Waals surface area contributed by atoms with Crippen LogP contribution in [-0.4, -0.2) is 4.98 Å². The molecule has 0 aliphatic rings. The molecule has 66 valence electrons. The molecule has 0 aliphatic carbocycles. The van der Waals surface area contributed by atoms with E-state index in [1.807, 2.05) is 22.6 Å². The molecule has 0 radical (unpaired) electrons. The van der Waals surface area contributed by atoms with Crippen molar-refractivity contribution < 1.29 is 4.39 Å². The zero-order valence-corrected chi connectivity index (χ0v) is 8.63. The molecule has 0 saturated carbocycles. The van der Waals surface area contributed by atoms with Crippen LogP contribution in [-0.2, 0) is 0 Å². The minimum atomic E-state index is -0.310. The van der Waals surface area contributed by atoms with Gasteiger partial charge in [0.1, 0.15) is 5.82 Å². The third kappa shape index (κ3) is 1.35. The van der Waals surface area contributed by atoms with E-state index in [-0.39, 0.29) is 11.2 Å². The highest BCUT2D eigenvalue weighted by atomic mass is 127. The van der Waals surface area contributed by atoms with Crippen LogP contribution in [0.3, 0.4) is 0 Å². The molecule has 2 aromatic rings. The molecule has 0 aliphatic heterocycles. The molecule has 1 N–H and O–H groups in total. The van der Waals surface area contributed by atoms with Crippen molar-refractivity contribution >= 4 is 33.5 Å². The fourth-order valence-electron chi connectivity index (χ4n) is 1.19. The summed E-state index contributed by atoms with van der Waals surface area (Å²) in [5.41, 5.74) is 0.472. The Hall–Kier alpha value is -0.910. The highest BCUT2D eigenvalue weighted by molar-refractivity contribution is 14.1. The molecule has 1 heterocycles. The topological polar surface area (TPSA) is 32.9 Å². The molecule has 2 nitrogen and oxygen atoms in total. The number of fused-ring (bicyclic) bond motifs is 1. The minimum Gasteiger partial charge on any atom is -0.360 e. The van der Waals surface area contributed by atoms with Gasteiger partial charge in [-0.05, 0) is 34.7 Å². The molecular weight excluding hydrogens is 284 g/mol. The molecule has 0 atom stereocenters. The monoisotopic (exact) mass is 289 g/mol. The van der Waals surface area contributed by atoms with Crippen LogP contribution in [0.5, 0.6) is 0 Å². The first-order valence-electron chi connectivity index (χ1n) is 3.65. The second-order valence-electron chi connectivity index (χ2n) is 2.63. The molecule has 1 aromatic carbocycles. The van der Waals surface area contributed by atoms with Crippen LogP contribution in [0.1, 0.15) is 0 Å². The Balaban J connectivity index is 3.03. The van der Waals surface area contributed by atoms with Gasteiger partial charge in [-0.2, -0.15) is 0 Å². The summed E-state index contributed by atoms with van der Waals surface area (Å²) in [6.07, 6.45) is 1.52. The lowest BCUT2D eigenvalue weighted by Gasteiger charge is -1.99. The number of aromatic amines is 1. The Labute approximate surface area is 86.9 Å². The summed E-state index contributed by atoms with van der Waals surface area (Å²) in [5, 5.41) is 0.522. The standard InChI is InChI=1S/C9H5FINO/c10-6-2-1-5-7(13)3-4-12-9(5)8(6)11/h1-4H,(H,12,13). The van der Waals surface area contributed by atoms with E-state index < -0.39 is 0 Å². The Kier molecular flexibility index (Phi) is 2.07. The van der Waals surface area contributed by atoms with Crippen molar-refractivity contribution in [2.24, 2.45) is 0 Å². The number of hydrogen-bond acceptors (Lipinski definition) is 1. The number of benzene rings is 1. The van der Waals surface area contributed by atoms with E-state index in [9.17, 15) is 9.18 Å². The van der Waals surface area contributed by atoms with E-state index in [0.717, 1.165) is 0 Å². The fraction of sp³-hybridized carbons (Fsp3) is 0. The number of H-pyrrole nitrogens is 1. The van der Waals surface area contributed by atoms with Crippen LogP contribution in [0, 0.1) is 9.39 Å². The highest BCUT2D eigenvalue weighted by Crippen LogP contribution is 2.18. The van der Waals surface area contributed by atoms with Crippen molar-refractivity contribution in [1.82, 2.24) is 4.98 Å². The zero-order chi connectivity index (χ0) is 9.42. The van der Waals surface area contributed by atoms with Crippen LogP contribution < -0.4 is 5.43 Å². The second-order valence-corrected chi connectivity index (χ2v) is 3.70. The van der Waals surface area contributed by atoms with E-state index in [1.165, 1.54) is 24.4 Å². The van der Waals surface area contributed by atoms with Gasteiger partial charge in [0.15, 0.2) is 5.43 Å². The summed E-state index contributed by atoms with van der Waals surface area (Å²) in [4.78, 5) is 14.1. The van der Waals surface area contributed by atoms with E-state index in [0.29, 0.717) is 14.5 Å². The summed E-state index contributed by atoms with van der Waals surface area (Å²) in [6, 6.07) is 4.22. The SMILES string of the molecule is O=c1cc[nH]c2c(I)c(F)ccc12. The average Bonchev–Trinajstić information content (AvgIpc) is 2.12. The molecule has 0 amide bonds. The first-order chi connectivity index (χ1) is 6.20. The number of rotatable bonds is 0. The maximum atomic E-state index is 13.1. The van der Waals surface area contributed by atoms with E-state index in [2.05, 4.69) is 4.98 Å². The Morgan fingerprint density at radius 1 is 1.31 bits per heavy atom. The lowest BCUT2D eigenvalue weighted by molar-refractivity contribution is 0.622. The van der Waals surface area contributed by atoms with Crippen LogP contribution in [0.15, 0.2) is 29.2 Å². The van der Waals surface area contributed by atoms with Gasteiger partial charge in [-0.25, -0.2) is 4.39 Å². The van der Waals surface area contributed by atoms with Crippen molar-refractivity contribution in [3.05, 3.63) is 44.0 Å². The smallest absolute Gasteiger partial charge is 0.189 e. The molecule has 13 heavy (non-hydrogen) atoms. The molecule has 4 heteroatoms. The van der Waals surface area contributed by atoms with Crippen LogP contribution in [0.2, 0.25) is 0 Å². The molecule has 1 aromatic heterocycles. The number of pyridine rings is 1. The van der Waals surface area contributed by atoms with Crippen molar-refractivity contribution in [2.75, 3.05) is 0 Å². The molecule has 0 fully saturated rings. The normalized spacial score (nSPS) is 10.6. The zero-order valence-electron chi connectivity index (χ0n) is 6.47. The van der Waals surface area contributed by atoms with Gasteiger partial charge in [-0.15, -0.1) is 0 Å². The maximum absolute atomic E-state index is 13.1. The Morgan fingerprint density at radius 3 is 2.85 bits per heavy atom. The quantitative estimate of drug-likeness (QED) is 0.741. The molecule has 0 unspecified atom stereocenters. The third-order valence-electron chi connectivity index (χ3n) is 1.82. The summed E-state index contributed by atoms with van der Waals surface area (Å²) in [6.45, 7) is 0. The molecule has 0 spiro atoms. The molecular formula is C9H5FINO. The fourth-order valence-corrected chi connectivity index (χ4v) is 1.81. The van der Waals surface area contributed by atoms with Gasteiger partial charge < -0.3 is 4.98 Å². The van der Waals surface area contributed by atoms with Gasteiger partial charge in [0, 0.05) is 17.6 Å². The van der Waals surface area contributed by atoms with Gasteiger partial charge in [0.25, 0.3) is 0 Å². The molecule has 0 saturated heterocycles. The third-order valence-corrected chi connectivity index (χ3v) is 2.88. The van der Waals surface area contributed by atoms with Gasteiger partial charge in [-0.3, -0.25) is 4.79 Å². The van der Waals surface area contributed by atoms with E-state index in [1.54, 1.807) is 0 Å². The van der Waals surface area contributed by atoms with Crippen LogP contribution in [0.25, 0.3) is 10.9 Å². The predicted octanol–water partition coefficient (Wildman–Crippen LogP) is 2.27. The summed E-state index contributed by atoms with van der Waals surface area (Å²) >= 11 is 1.87. The lowest BCUT2D eigenvalue weighted by Crippen LogP contribution is -2.01. The van der Waals surface area contributed by atoms with Crippen molar-refractivity contribution in [1.29, 1.82) is 0 Å². The first-order valence-corrected chi connectivity index (χ1v) is 4.73. The van der Waals surface area contributed by atoms with E-state index in [4.69, 9.17) is 0 Å². The van der Waals surface area contributed by atoms with Gasteiger partial charge >= 0.3 is 0 Å². The maximum Gasteiger partial charge on any atom is 0.189 e. The number of nitrogens with one attached hydrogen (secondary N) is 1. The summed E-state index contributed by atoms with van der Waals surface area (Å²) in [7, 11) is 0. The predicted molar refractivity (Wildman–Crippen MR) is 57.2 cm³/mol. The van der Waals surface area contributed by atoms with Crippen LogP contribution in [0.4, 0.5) is 4.39 Å². The van der Waals surface area contributed by atoms with Gasteiger partial charge in [0.2, 0.25) is 0 Å². The molecule has 2 rings (SSSR count). The average molecular weight is 289 g/mol. The second kappa shape index (κ2) is 3.10. The van der Waals surface area contributed by atoms with Gasteiger partial charge in [0.05, 0.1) is 9.09 Å². The Bertz CT molecular complexity index is 520. The molecule has 0 bridgehead atoms. The lowest BCUT2D eigenvalue weighted by atomic mass is 10.2. The number of hydrogen-bond donors (Lipinski definition) is 1. The van der Waals surface area contributed by atoms with Crippen molar-refractivity contribution in [2.45, 2.75) is 0 Å². The minimum absolute atomic E-state index is 0.0910. The number of aromatic nitrogens is 1. The highest BCUT2D eigenvalue weighted by Gasteiger charge is 2.05. The van der Waals surface area contributed by atoms with Gasteiger partial charge in [-0.1, -0.05) is 0 Å². The summed E-state index contributed by atoms with van der Waals surface area (Å²) in [5.74, 6) is -0.310. The van der Waals surface area contributed by atoms with Crippen molar-refractivity contribution in [3.8, 4) is 0 Å².